The molecule has 7 heteroatoms. The lowest BCUT2D eigenvalue weighted by molar-refractivity contribution is -0.132. The molecule has 1 saturated heterocycles. The van der Waals surface area contributed by atoms with Gasteiger partial charge in [-0.05, 0) is 98.2 Å². The van der Waals surface area contributed by atoms with E-state index in [1.165, 1.54) is 32.1 Å². The Morgan fingerprint density at radius 1 is 1.07 bits per heavy atom. The third-order valence-electron chi connectivity index (χ3n) is 12.4. The van der Waals surface area contributed by atoms with Crippen molar-refractivity contribution in [3.8, 4) is 5.88 Å². The van der Waals surface area contributed by atoms with Gasteiger partial charge in [-0.3, -0.25) is 4.79 Å². The molecule has 3 saturated carbocycles. The van der Waals surface area contributed by atoms with Gasteiger partial charge >= 0.3 is 0 Å². The van der Waals surface area contributed by atoms with Crippen LogP contribution in [0.2, 0.25) is 0 Å². The van der Waals surface area contributed by atoms with Gasteiger partial charge in [0.15, 0.2) is 5.82 Å². The van der Waals surface area contributed by atoms with E-state index in [1.807, 2.05) is 4.90 Å². The number of hydrogen-bond donors (Lipinski definition) is 1. The van der Waals surface area contributed by atoms with Crippen LogP contribution in [0, 0.1) is 40.4 Å². The maximum atomic E-state index is 13.3. The number of amides is 1. The van der Waals surface area contributed by atoms with Crippen LogP contribution in [0.25, 0.3) is 0 Å². The third kappa shape index (κ3) is 4.74. The van der Waals surface area contributed by atoms with Crippen LogP contribution in [0.15, 0.2) is 24.0 Å². The number of hydrogen-bond acceptors (Lipinski definition) is 6. The molecule has 1 amide bonds. The number of piperazine rings is 1. The van der Waals surface area contributed by atoms with E-state index in [9.17, 15) is 9.90 Å². The number of methoxy groups -OCH3 is 1. The van der Waals surface area contributed by atoms with Crippen LogP contribution in [0.3, 0.4) is 0 Å². The normalized spacial score (nSPS) is 38.1. The molecule has 0 radical (unpaired) electrons. The number of carbonyl (C=O) groups excluding carboxylic acids is 1. The zero-order valence-electron chi connectivity index (χ0n) is 25.1. The highest BCUT2D eigenvalue weighted by atomic mass is 16.5. The molecule has 4 fully saturated rings. The quantitative estimate of drug-likeness (QED) is 0.472. The molecule has 8 atom stereocenters. The number of rotatable bonds is 6. The summed E-state index contributed by atoms with van der Waals surface area (Å²) in [5, 5.41) is 10.3. The van der Waals surface area contributed by atoms with E-state index >= 15 is 0 Å². The van der Waals surface area contributed by atoms with Gasteiger partial charge in [-0.2, -0.15) is 0 Å². The third-order valence-corrected chi connectivity index (χ3v) is 12.4. The van der Waals surface area contributed by atoms with Gasteiger partial charge < -0.3 is 19.6 Å². The molecule has 220 valence electrons. The molecule has 6 rings (SSSR count). The first-order valence-corrected chi connectivity index (χ1v) is 16.0. The number of carbonyl (C=O) groups is 1. The highest BCUT2D eigenvalue weighted by molar-refractivity contribution is 5.76. The number of aliphatic hydroxyl groups is 1. The first kappa shape index (κ1) is 28.0. The minimum absolute atomic E-state index is 0.130. The van der Waals surface area contributed by atoms with Crippen molar-refractivity contribution in [2.24, 2.45) is 40.4 Å². The standard InChI is InChI=1S/C33H50N4O3/c1-22(5-10-29(39)36-17-19-37(20-18-36)30-31(40-4)35-16-15-34-30)26-8-9-27-25-7-6-23-21-24(38)11-13-32(23,2)28(25)12-14-33(26,27)3/h6,15-16,22,24-28,38H,5,7-14,17-21H2,1-4H3/t22-,24+,25+,26-,27+,28+,32+,33-/m1/s1. The summed E-state index contributed by atoms with van der Waals surface area (Å²) in [6.45, 7) is 10.5. The monoisotopic (exact) mass is 550 g/mol. The van der Waals surface area contributed by atoms with E-state index in [2.05, 4.69) is 41.7 Å². The average molecular weight is 551 g/mol. The number of aliphatic hydroxyl groups excluding tert-OH is 1. The molecule has 40 heavy (non-hydrogen) atoms. The van der Waals surface area contributed by atoms with Crippen molar-refractivity contribution in [3.63, 3.8) is 0 Å². The van der Waals surface area contributed by atoms with Gasteiger partial charge in [0, 0.05) is 45.0 Å². The van der Waals surface area contributed by atoms with Crippen molar-refractivity contribution in [2.45, 2.75) is 91.1 Å². The predicted octanol–water partition coefficient (Wildman–Crippen LogP) is 5.49. The van der Waals surface area contributed by atoms with Crippen LogP contribution >= 0.6 is 0 Å². The summed E-state index contributed by atoms with van der Waals surface area (Å²) in [6.07, 6.45) is 17.0. The van der Waals surface area contributed by atoms with Crippen molar-refractivity contribution in [2.75, 3.05) is 38.2 Å². The van der Waals surface area contributed by atoms with Crippen LogP contribution in [-0.2, 0) is 4.79 Å². The predicted molar refractivity (Wildman–Crippen MR) is 157 cm³/mol. The summed E-state index contributed by atoms with van der Waals surface area (Å²) < 4.78 is 5.39. The molecule has 1 aromatic rings. The Morgan fingerprint density at radius 3 is 2.62 bits per heavy atom. The SMILES string of the molecule is COc1nccnc1N1CCN(C(=O)CC[C@@H](C)[C@H]2CC[C@H]3[C@@H]4CC=C5C[C@@H](O)CC[C@]5(C)[C@H]4CC[C@]23C)CC1. The molecule has 0 aromatic carbocycles. The van der Waals surface area contributed by atoms with Gasteiger partial charge in [0.25, 0.3) is 5.88 Å². The number of fused-ring (bicyclic) bond motifs is 5. The first-order chi connectivity index (χ1) is 19.2. The Balaban J connectivity index is 1.04. The summed E-state index contributed by atoms with van der Waals surface area (Å²) in [7, 11) is 1.62. The number of anilines is 1. The first-order valence-electron chi connectivity index (χ1n) is 16.0. The molecule has 1 aliphatic heterocycles. The fourth-order valence-electron chi connectivity index (χ4n) is 10.2. The average Bonchev–Trinajstić information content (AvgIpc) is 3.33. The molecule has 0 unspecified atom stereocenters. The molecule has 7 nitrogen and oxygen atoms in total. The maximum absolute atomic E-state index is 13.3. The second-order valence-corrected chi connectivity index (χ2v) is 14.2. The second kappa shape index (κ2) is 10.9. The topological polar surface area (TPSA) is 78.8 Å². The van der Waals surface area contributed by atoms with Crippen molar-refractivity contribution in [1.29, 1.82) is 0 Å². The lowest BCUT2D eigenvalue weighted by Gasteiger charge is -2.58. The Morgan fingerprint density at radius 2 is 1.85 bits per heavy atom. The minimum Gasteiger partial charge on any atom is -0.478 e. The van der Waals surface area contributed by atoms with Crippen LogP contribution in [-0.4, -0.2) is 65.3 Å². The Hall–Kier alpha value is -2.15. The smallest absolute Gasteiger partial charge is 0.257 e. The molecule has 1 aromatic heterocycles. The fourth-order valence-corrected chi connectivity index (χ4v) is 10.2. The lowest BCUT2D eigenvalue weighted by atomic mass is 9.47. The maximum Gasteiger partial charge on any atom is 0.257 e. The highest BCUT2D eigenvalue weighted by Crippen LogP contribution is 2.67. The van der Waals surface area contributed by atoms with Gasteiger partial charge in [0.05, 0.1) is 13.2 Å². The van der Waals surface area contributed by atoms with E-state index in [1.54, 1.807) is 25.1 Å². The lowest BCUT2D eigenvalue weighted by Crippen LogP contribution is -2.51. The van der Waals surface area contributed by atoms with E-state index < -0.39 is 0 Å². The Bertz CT molecular complexity index is 1120. The van der Waals surface area contributed by atoms with Crippen molar-refractivity contribution in [1.82, 2.24) is 14.9 Å². The summed E-state index contributed by atoms with van der Waals surface area (Å²) in [6, 6.07) is 0. The molecule has 4 aliphatic carbocycles. The number of ether oxygens (including phenoxy) is 1. The second-order valence-electron chi connectivity index (χ2n) is 14.2. The van der Waals surface area contributed by atoms with Gasteiger partial charge in [-0.15, -0.1) is 0 Å². The summed E-state index contributed by atoms with van der Waals surface area (Å²) in [5.41, 5.74) is 2.28. The van der Waals surface area contributed by atoms with E-state index in [-0.39, 0.29) is 6.10 Å². The molecule has 0 spiro atoms. The van der Waals surface area contributed by atoms with Crippen molar-refractivity contribution >= 4 is 11.7 Å². The van der Waals surface area contributed by atoms with Gasteiger partial charge in [0.2, 0.25) is 5.91 Å². The van der Waals surface area contributed by atoms with Crippen LogP contribution in [0.4, 0.5) is 5.82 Å². The van der Waals surface area contributed by atoms with Gasteiger partial charge in [-0.1, -0.05) is 32.4 Å². The van der Waals surface area contributed by atoms with Crippen LogP contribution < -0.4 is 9.64 Å². The summed E-state index contributed by atoms with van der Waals surface area (Å²) in [5.74, 6) is 5.31. The minimum atomic E-state index is -0.130. The number of nitrogens with zero attached hydrogens (tertiary/aromatic N) is 4. The molecule has 0 bridgehead atoms. The van der Waals surface area contributed by atoms with Crippen molar-refractivity contribution < 1.29 is 14.6 Å². The van der Waals surface area contributed by atoms with E-state index in [0.29, 0.717) is 35.0 Å². The fraction of sp³-hybridized carbons (Fsp3) is 0.788. The van der Waals surface area contributed by atoms with Gasteiger partial charge in [-0.25, -0.2) is 9.97 Å². The summed E-state index contributed by atoms with van der Waals surface area (Å²) in [4.78, 5) is 26.2. The van der Waals surface area contributed by atoms with E-state index in [4.69, 9.17) is 4.74 Å². The zero-order valence-corrected chi connectivity index (χ0v) is 25.1. The molecular formula is C33H50N4O3. The highest BCUT2D eigenvalue weighted by Gasteiger charge is 2.59. The Labute approximate surface area is 240 Å². The molecule has 1 N–H and O–H groups in total. The van der Waals surface area contributed by atoms with Crippen molar-refractivity contribution in [3.05, 3.63) is 24.0 Å². The molecule has 2 heterocycles. The number of allylic oxidation sites excluding steroid dienone is 1. The molecule has 5 aliphatic rings. The van der Waals surface area contributed by atoms with Crippen LogP contribution in [0.5, 0.6) is 5.88 Å². The van der Waals surface area contributed by atoms with Gasteiger partial charge in [0.1, 0.15) is 0 Å². The number of aromatic nitrogens is 2. The zero-order chi connectivity index (χ0) is 28.1. The Kier molecular flexibility index (Phi) is 7.64. The summed E-state index contributed by atoms with van der Waals surface area (Å²) >= 11 is 0. The van der Waals surface area contributed by atoms with E-state index in [0.717, 1.165) is 81.4 Å². The van der Waals surface area contributed by atoms with Crippen LogP contribution in [0.1, 0.15) is 85.0 Å². The molecular weight excluding hydrogens is 500 g/mol. The largest absolute Gasteiger partial charge is 0.478 e.